The summed E-state index contributed by atoms with van der Waals surface area (Å²) in [4.78, 5) is 0. The summed E-state index contributed by atoms with van der Waals surface area (Å²) in [7, 11) is 0. The van der Waals surface area contributed by atoms with Crippen molar-refractivity contribution in [2.24, 2.45) is 17.8 Å². The normalized spacial score (nSPS) is 30.7. The Hall–Kier alpha value is -0.660. The molecule has 1 nitrogen and oxygen atoms in total. The average molecular weight is 282 g/mol. The minimum absolute atomic E-state index is 0.431. The summed E-state index contributed by atoms with van der Waals surface area (Å²) in [6, 6.07) is 6.00. The van der Waals surface area contributed by atoms with Gasteiger partial charge in [0.1, 0.15) is 0 Å². The van der Waals surface area contributed by atoms with Gasteiger partial charge in [-0.3, -0.25) is 0 Å². The Labute approximate surface area is 118 Å². The zero-order valence-corrected chi connectivity index (χ0v) is 11.9. The Morgan fingerprint density at radius 1 is 1.22 bits per heavy atom. The number of allylic oxidation sites excluding steroid dienone is 2. The maximum atomic E-state index is 6.19. The van der Waals surface area contributed by atoms with E-state index in [1.54, 1.807) is 0 Å². The first-order chi connectivity index (χ1) is 8.63. The molecule has 0 saturated heterocycles. The predicted octanol–water partition coefficient (Wildman–Crippen LogP) is 5.01. The van der Waals surface area contributed by atoms with E-state index >= 15 is 0 Å². The molecular weight excluding hydrogens is 265 g/mol. The van der Waals surface area contributed by atoms with Crippen LogP contribution in [-0.2, 0) is 0 Å². The van der Waals surface area contributed by atoms with E-state index in [0.717, 1.165) is 33.5 Å². The van der Waals surface area contributed by atoms with E-state index in [-0.39, 0.29) is 0 Å². The molecule has 0 radical (unpaired) electrons. The summed E-state index contributed by atoms with van der Waals surface area (Å²) >= 11 is 12.2. The molecular formula is C15H17Cl2N. The van der Waals surface area contributed by atoms with Crippen molar-refractivity contribution in [3.63, 3.8) is 0 Å². The van der Waals surface area contributed by atoms with Crippen molar-refractivity contribution in [1.29, 1.82) is 0 Å². The van der Waals surface area contributed by atoms with Crippen molar-refractivity contribution in [3.8, 4) is 0 Å². The molecule has 0 heterocycles. The third-order valence-corrected chi connectivity index (χ3v) is 4.85. The molecule has 3 heteroatoms. The van der Waals surface area contributed by atoms with Gasteiger partial charge in [-0.1, -0.05) is 35.4 Å². The molecule has 1 saturated carbocycles. The Morgan fingerprint density at radius 2 is 2.06 bits per heavy atom. The molecule has 3 rings (SSSR count). The molecule has 4 unspecified atom stereocenters. The highest BCUT2D eigenvalue weighted by Crippen LogP contribution is 2.45. The second kappa shape index (κ2) is 4.79. The lowest BCUT2D eigenvalue weighted by Gasteiger charge is -2.27. The van der Waals surface area contributed by atoms with Crippen LogP contribution in [0.5, 0.6) is 0 Å². The van der Waals surface area contributed by atoms with Crippen LogP contribution in [0.15, 0.2) is 30.4 Å². The number of nitrogens with one attached hydrogen (secondary N) is 1. The summed E-state index contributed by atoms with van der Waals surface area (Å²) in [6.45, 7) is 2.25. The summed E-state index contributed by atoms with van der Waals surface area (Å²) in [6.07, 6.45) is 7.39. The SMILES string of the molecule is CC(Nc1cc(Cl)ccc1Cl)C1CC2C=CC1C2. The fraction of sp³-hybridized carbons (Fsp3) is 0.467. The molecule has 1 aromatic rings. The first kappa shape index (κ1) is 12.4. The molecule has 2 aliphatic rings. The molecule has 1 fully saturated rings. The van der Waals surface area contributed by atoms with Gasteiger partial charge in [0.2, 0.25) is 0 Å². The van der Waals surface area contributed by atoms with Crippen LogP contribution in [0.1, 0.15) is 19.8 Å². The minimum atomic E-state index is 0.431. The zero-order chi connectivity index (χ0) is 12.7. The predicted molar refractivity (Wildman–Crippen MR) is 78.4 cm³/mol. The van der Waals surface area contributed by atoms with Gasteiger partial charge in [-0.15, -0.1) is 0 Å². The minimum Gasteiger partial charge on any atom is -0.381 e. The van der Waals surface area contributed by atoms with Crippen molar-refractivity contribution in [1.82, 2.24) is 0 Å². The Bertz CT molecular complexity index is 483. The van der Waals surface area contributed by atoms with Crippen LogP contribution < -0.4 is 5.32 Å². The Balaban J connectivity index is 1.72. The summed E-state index contributed by atoms with van der Waals surface area (Å²) in [5.74, 6) is 2.27. The summed E-state index contributed by atoms with van der Waals surface area (Å²) in [5.41, 5.74) is 0.948. The van der Waals surface area contributed by atoms with Gasteiger partial charge in [0, 0.05) is 11.1 Å². The molecule has 0 amide bonds. The molecule has 96 valence electrons. The summed E-state index contributed by atoms with van der Waals surface area (Å²) < 4.78 is 0. The molecule has 0 spiro atoms. The van der Waals surface area contributed by atoms with Crippen LogP contribution in [0.4, 0.5) is 5.69 Å². The van der Waals surface area contributed by atoms with Gasteiger partial charge in [-0.25, -0.2) is 0 Å². The number of hydrogen-bond donors (Lipinski definition) is 1. The van der Waals surface area contributed by atoms with Gasteiger partial charge in [0.05, 0.1) is 10.7 Å². The van der Waals surface area contributed by atoms with Gasteiger partial charge in [-0.2, -0.15) is 0 Å². The number of fused-ring (bicyclic) bond motifs is 2. The molecule has 2 bridgehead atoms. The van der Waals surface area contributed by atoms with E-state index in [0.29, 0.717) is 6.04 Å². The molecule has 2 aliphatic carbocycles. The van der Waals surface area contributed by atoms with Crippen LogP contribution >= 0.6 is 23.2 Å². The number of anilines is 1. The molecule has 1 aromatic carbocycles. The van der Waals surface area contributed by atoms with Crippen molar-refractivity contribution in [2.45, 2.75) is 25.8 Å². The van der Waals surface area contributed by atoms with Gasteiger partial charge in [0.25, 0.3) is 0 Å². The highest BCUT2D eigenvalue weighted by Gasteiger charge is 2.38. The fourth-order valence-electron chi connectivity index (χ4n) is 3.36. The van der Waals surface area contributed by atoms with Crippen LogP contribution in [-0.4, -0.2) is 6.04 Å². The van der Waals surface area contributed by atoms with Crippen LogP contribution in [0.3, 0.4) is 0 Å². The van der Waals surface area contributed by atoms with Gasteiger partial charge in [0.15, 0.2) is 0 Å². The van der Waals surface area contributed by atoms with Gasteiger partial charge >= 0.3 is 0 Å². The first-order valence-corrected chi connectivity index (χ1v) is 7.29. The van der Waals surface area contributed by atoms with Crippen LogP contribution in [0.2, 0.25) is 10.0 Å². The maximum absolute atomic E-state index is 6.19. The second-order valence-electron chi connectivity index (χ2n) is 5.50. The number of rotatable bonds is 3. The molecule has 0 aliphatic heterocycles. The maximum Gasteiger partial charge on any atom is 0.0638 e. The zero-order valence-electron chi connectivity index (χ0n) is 10.4. The van der Waals surface area contributed by atoms with E-state index < -0.39 is 0 Å². The Kier molecular flexibility index (Phi) is 3.29. The third kappa shape index (κ3) is 2.26. The molecule has 18 heavy (non-hydrogen) atoms. The Morgan fingerprint density at radius 3 is 2.72 bits per heavy atom. The standard InChI is InChI=1S/C15H17Cl2N/c1-9(13-7-10-2-3-11(13)6-10)18-15-8-12(16)4-5-14(15)17/h2-5,8-11,13,18H,6-7H2,1H3. The van der Waals surface area contributed by atoms with E-state index in [1.165, 1.54) is 12.8 Å². The topological polar surface area (TPSA) is 12.0 Å². The number of halogens is 2. The monoisotopic (exact) mass is 281 g/mol. The highest BCUT2D eigenvalue weighted by atomic mass is 35.5. The van der Waals surface area contributed by atoms with E-state index in [1.807, 2.05) is 18.2 Å². The van der Waals surface area contributed by atoms with Crippen LogP contribution in [0.25, 0.3) is 0 Å². The smallest absolute Gasteiger partial charge is 0.0638 e. The lowest BCUT2D eigenvalue weighted by atomic mass is 9.87. The van der Waals surface area contributed by atoms with Gasteiger partial charge in [-0.05, 0) is 55.7 Å². The number of benzene rings is 1. The average Bonchev–Trinajstić information content (AvgIpc) is 2.96. The van der Waals surface area contributed by atoms with Crippen molar-refractivity contribution in [2.75, 3.05) is 5.32 Å². The largest absolute Gasteiger partial charge is 0.381 e. The van der Waals surface area contributed by atoms with Crippen LogP contribution in [0, 0.1) is 17.8 Å². The summed E-state index contributed by atoms with van der Waals surface area (Å²) in [5, 5.41) is 4.99. The van der Waals surface area contributed by atoms with E-state index in [9.17, 15) is 0 Å². The quantitative estimate of drug-likeness (QED) is 0.769. The third-order valence-electron chi connectivity index (χ3n) is 4.28. The lowest BCUT2D eigenvalue weighted by Crippen LogP contribution is -2.28. The van der Waals surface area contributed by atoms with E-state index in [4.69, 9.17) is 23.2 Å². The number of hydrogen-bond acceptors (Lipinski definition) is 1. The fourth-order valence-corrected chi connectivity index (χ4v) is 3.70. The molecule has 0 aromatic heterocycles. The lowest BCUT2D eigenvalue weighted by molar-refractivity contribution is 0.400. The second-order valence-corrected chi connectivity index (χ2v) is 6.34. The van der Waals surface area contributed by atoms with Crippen molar-refractivity contribution >= 4 is 28.9 Å². The first-order valence-electron chi connectivity index (χ1n) is 6.53. The van der Waals surface area contributed by atoms with Crippen molar-refractivity contribution < 1.29 is 0 Å². The molecule has 4 atom stereocenters. The van der Waals surface area contributed by atoms with Crippen molar-refractivity contribution in [3.05, 3.63) is 40.4 Å². The van der Waals surface area contributed by atoms with Gasteiger partial charge < -0.3 is 5.32 Å². The molecule has 1 N–H and O–H groups in total. The highest BCUT2D eigenvalue weighted by molar-refractivity contribution is 6.35. The van der Waals surface area contributed by atoms with E-state index in [2.05, 4.69) is 24.4 Å².